The topological polar surface area (TPSA) is 84.9 Å². The van der Waals surface area contributed by atoms with Crippen LogP contribution in [0.3, 0.4) is 0 Å². The molecule has 1 heterocycles. The fourth-order valence-corrected chi connectivity index (χ4v) is 3.85. The van der Waals surface area contributed by atoms with Gasteiger partial charge in [-0.3, -0.25) is 14.9 Å². The first-order valence-electron chi connectivity index (χ1n) is 9.25. The lowest BCUT2D eigenvalue weighted by Gasteiger charge is -2.27. The standard InChI is InChI=1S/C22H21BrN2O5/c1-5-30-18-11-14(10-16(23)19(18)29-4)9-15-20(26)24-22(28)25(21(15)27)17-7-6-12(2)8-13(17)3/h6-11H,5H2,1-4H3,(H,24,26,28)/b15-9+. The third-order valence-corrected chi connectivity index (χ3v) is 5.13. The number of imide groups is 2. The Morgan fingerprint density at radius 2 is 1.87 bits per heavy atom. The zero-order valence-corrected chi connectivity index (χ0v) is 18.6. The maximum Gasteiger partial charge on any atom is 0.335 e. The molecule has 1 saturated heterocycles. The second-order valence-corrected chi connectivity index (χ2v) is 7.57. The molecule has 0 aromatic heterocycles. The number of urea groups is 1. The zero-order chi connectivity index (χ0) is 22.0. The van der Waals surface area contributed by atoms with Crippen LogP contribution in [-0.4, -0.2) is 31.6 Å². The number of barbiturate groups is 1. The smallest absolute Gasteiger partial charge is 0.335 e. The summed E-state index contributed by atoms with van der Waals surface area (Å²) >= 11 is 3.41. The highest BCUT2D eigenvalue weighted by atomic mass is 79.9. The molecule has 30 heavy (non-hydrogen) atoms. The van der Waals surface area contributed by atoms with Crippen LogP contribution in [0.4, 0.5) is 10.5 Å². The number of hydrogen-bond acceptors (Lipinski definition) is 5. The first-order chi connectivity index (χ1) is 14.3. The van der Waals surface area contributed by atoms with Crippen LogP contribution in [0, 0.1) is 13.8 Å². The van der Waals surface area contributed by atoms with Gasteiger partial charge in [0, 0.05) is 0 Å². The van der Waals surface area contributed by atoms with Crippen molar-refractivity contribution in [2.24, 2.45) is 0 Å². The van der Waals surface area contributed by atoms with E-state index in [4.69, 9.17) is 9.47 Å². The SMILES string of the molecule is CCOc1cc(/C=C2\C(=O)NC(=O)N(c3ccc(C)cc3C)C2=O)cc(Br)c1OC. The Kier molecular flexibility index (Phi) is 6.26. The Balaban J connectivity index is 2.07. The quantitative estimate of drug-likeness (QED) is 0.521. The van der Waals surface area contributed by atoms with E-state index in [0.717, 1.165) is 16.0 Å². The highest BCUT2D eigenvalue weighted by Crippen LogP contribution is 2.37. The molecule has 0 atom stereocenters. The van der Waals surface area contributed by atoms with Gasteiger partial charge in [0.15, 0.2) is 11.5 Å². The van der Waals surface area contributed by atoms with Gasteiger partial charge in [0.2, 0.25) is 0 Å². The average molecular weight is 473 g/mol. The molecule has 156 valence electrons. The fourth-order valence-electron chi connectivity index (χ4n) is 3.23. The number of carbonyl (C=O) groups is 3. The molecule has 1 aliphatic rings. The molecule has 3 rings (SSSR count). The van der Waals surface area contributed by atoms with Gasteiger partial charge in [0.25, 0.3) is 11.8 Å². The molecule has 1 fully saturated rings. The number of aryl methyl sites for hydroxylation is 2. The van der Waals surface area contributed by atoms with E-state index < -0.39 is 17.8 Å². The highest BCUT2D eigenvalue weighted by Gasteiger charge is 2.37. The summed E-state index contributed by atoms with van der Waals surface area (Å²) in [5.41, 5.74) is 2.55. The molecule has 7 nitrogen and oxygen atoms in total. The van der Waals surface area contributed by atoms with Crippen molar-refractivity contribution < 1.29 is 23.9 Å². The number of hydrogen-bond donors (Lipinski definition) is 1. The van der Waals surface area contributed by atoms with Crippen molar-refractivity contribution in [3.63, 3.8) is 0 Å². The maximum atomic E-state index is 13.1. The van der Waals surface area contributed by atoms with Crippen LogP contribution >= 0.6 is 15.9 Å². The van der Waals surface area contributed by atoms with E-state index >= 15 is 0 Å². The van der Waals surface area contributed by atoms with Crippen LogP contribution in [0.15, 0.2) is 40.4 Å². The molecular weight excluding hydrogens is 452 g/mol. The Labute approximate surface area is 182 Å². The van der Waals surface area contributed by atoms with Crippen molar-refractivity contribution in [2.75, 3.05) is 18.6 Å². The third kappa shape index (κ3) is 4.09. The van der Waals surface area contributed by atoms with Crippen molar-refractivity contribution in [3.05, 3.63) is 57.1 Å². The molecule has 1 N–H and O–H groups in total. The number of carbonyl (C=O) groups excluding carboxylic acids is 3. The Hall–Kier alpha value is -3.13. The van der Waals surface area contributed by atoms with Crippen molar-refractivity contribution in [3.8, 4) is 11.5 Å². The highest BCUT2D eigenvalue weighted by molar-refractivity contribution is 9.10. The number of amides is 4. The van der Waals surface area contributed by atoms with Gasteiger partial charge in [-0.25, -0.2) is 9.69 Å². The fraction of sp³-hybridized carbons (Fsp3) is 0.227. The number of benzene rings is 2. The summed E-state index contributed by atoms with van der Waals surface area (Å²) in [5, 5.41) is 2.24. The number of halogens is 1. The molecule has 1 aliphatic heterocycles. The van der Waals surface area contributed by atoms with E-state index in [1.54, 1.807) is 31.2 Å². The summed E-state index contributed by atoms with van der Waals surface area (Å²) in [5.74, 6) is -0.478. The van der Waals surface area contributed by atoms with Gasteiger partial charge < -0.3 is 9.47 Å². The van der Waals surface area contributed by atoms with Gasteiger partial charge in [-0.05, 0) is 72.1 Å². The lowest BCUT2D eigenvalue weighted by atomic mass is 10.0. The summed E-state index contributed by atoms with van der Waals surface area (Å²) in [4.78, 5) is 39.0. The van der Waals surface area contributed by atoms with Gasteiger partial charge in [-0.2, -0.15) is 0 Å². The molecule has 0 saturated carbocycles. The van der Waals surface area contributed by atoms with Crippen LogP contribution in [0.5, 0.6) is 11.5 Å². The first-order valence-corrected chi connectivity index (χ1v) is 10.0. The Morgan fingerprint density at radius 1 is 1.13 bits per heavy atom. The largest absolute Gasteiger partial charge is 0.492 e. The lowest BCUT2D eigenvalue weighted by Crippen LogP contribution is -2.54. The number of nitrogens with zero attached hydrogens (tertiary/aromatic N) is 1. The van der Waals surface area contributed by atoms with E-state index in [9.17, 15) is 14.4 Å². The maximum absolute atomic E-state index is 13.1. The molecule has 0 radical (unpaired) electrons. The molecule has 0 bridgehead atoms. The van der Waals surface area contributed by atoms with E-state index in [0.29, 0.717) is 33.8 Å². The molecule has 0 aliphatic carbocycles. The number of methoxy groups -OCH3 is 1. The van der Waals surface area contributed by atoms with Gasteiger partial charge in [-0.1, -0.05) is 17.7 Å². The second kappa shape index (κ2) is 8.71. The molecule has 0 spiro atoms. The van der Waals surface area contributed by atoms with E-state index in [2.05, 4.69) is 21.2 Å². The molecule has 2 aromatic carbocycles. The summed E-state index contributed by atoms with van der Waals surface area (Å²) in [6, 6.07) is 7.94. The number of rotatable bonds is 5. The van der Waals surface area contributed by atoms with Crippen LogP contribution in [0.1, 0.15) is 23.6 Å². The molecule has 0 unspecified atom stereocenters. The Bertz CT molecular complexity index is 1080. The van der Waals surface area contributed by atoms with Gasteiger partial charge >= 0.3 is 6.03 Å². The summed E-state index contributed by atoms with van der Waals surface area (Å²) < 4.78 is 11.5. The summed E-state index contributed by atoms with van der Waals surface area (Å²) in [7, 11) is 1.52. The van der Waals surface area contributed by atoms with Crippen molar-refractivity contribution in [2.45, 2.75) is 20.8 Å². The van der Waals surface area contributed by atoms with Crippen molar-refractivity contribution in [1.82, 2.24) is 5.32 Å². The van der Waals surface area contributed by atoms with Crippen LogP contribution in [-0.2, 0) is 9.59 Å². The molecule has 4 amide bonds. The average Bonchev–Trinajstić information content (AvgIpc) is 2.67. The number of anilines is 1. The number of nitrogens with one attached hydrogen (secondary N) is 1. The van der Waals surface area contributed by atoms with E-state index in [-0.39, 0.29) is 5.57 Å². The van der Waals surface area contributed by atoms with Gasteiger partial charge in [0.05, 0.1) is 23.9 Å². The summed E-state index contributed by atoms with van der Waals surface area (Å²) in [6.07, 6.45) is 1.42. The van der Waals surface area contributed by atoms with Gasteiger partial charge in [-0.15, -0.1) is 0 Å². The van der Waals surface area contributed by atoms with Crippen LogP contribution < -0.4 is 19.7 Å². The van der Waals surface area contributed by atoms with Crippen LogP contribution in [0.2, 0.25) is 0 Å². The summed E-state index contributed by atoms with van der Waals surface area (Å²) in [6.45, 7) is 5.97. The van der Waals surface area contributed by atoms with Crippen molar-refractivity contribution in [1.29, 1.82) is 0 Å². The minimum absolute atomic E-state index is 0.158. The molecule has 2 aromatic rings. The lowest BCUT2D eigenvalue weighted by molar-refractivity contribution is -0.122. The molecule has 8 heteroatoms. The van der Waals surface area contributed by atoms with Crippen molar-refractivity contribution >= 4 is 45.5 Å². The number of ether oxygens (including phenoxy) is 2. The van der Waals surface area contributed by atoms with Gasteiger partial charge in [0.1, 0.15) is 5.57 Å². The van der Waals surface area contributed by atoms with Crippen LogP contribution in [0.25, 0.3) is 6.08 Å². The first kappa shape index (κ1) is 21.6. The monoisotopic (exact) mass is 472 g/mol. The molecular formula is C22H21BrN2O5. The Morgan fingerprint density at radius 3 is 2.50 bits per heavy atom. The minimum Gasteiger partial charge on any atom is -0.492 e. The predicted molar refractivity (Wildman–Crippen MR) is 117 cm³/mol. The zero-order valence-electron chi connectivity index (χ0n) is 17.0. The predicted octanol–water partition coefficient (Wildman–Crippen LogP) is 4.14. The second-order valence-electron chi connectivity index (χ2n) is 6.71. The minimum atomic E-state index is -0.778. The normalized spacial score (nSPS) is 15.4. The van der Waals surface area contributed by atoms with E-state index in [1.165, 1.54) is 13.2 Å². The van der Waals surface area contributed by atoms with E-state index in [1.807, 2.05) is 19.9 Å². The third-order valence-electron chi connectivity index (χ3n) is 4.54.